The third-order valence-electron chi connectivity index (χ3n) is 3.62. The molecule has 0 heterocycles. The number of amides is 1. The molecule has 1 atom stereocenters. The number of ether oxygens (including phenoxy) is 2. The molecule has 0 aliphatic rings. The number of hydrogen-bond acceptors (Lipinski definition) is 3. The number of para-hydroxylation sites is 1. The summed E-state index contributed by atoms with van der Waals surface area (Å²) in [4.78, 5) is 14.3. The van der Waals surface area contributed by atoms with Crippen molar-refractivity contribution in [2.24, 2.45) is 0 Å². The topological polar surface area (TPSA) is 38.8 Å². The van der Waals surface area contributed by atoms with Crippen molar-refractivity contribution in [3.63, 3.8) is 0 Å². The fourth-order valence-corrected chi connectivity index (χ4v) is 2.30. The second kappa shape index (κ2) is 8.22. The van der Waals surface area contributed by atoms with E-state index in [0.29, 0.717) is 18.7 Å². The zero-order valence-corrected chi connectivity index (χ0v) is 13.9. The molecule has 0 saturated carbocycles. The first-order valence-electron chi connectivity index (χ1n) is 7.73. The van der Waals surface area contributed by atoms with Crippen LogP contribution in [0.2, 0.25) is 0 Å². The number of likely N-dealkylation sites (N-methyl/N-ethyl adjacent to an activating group) is 1. The summed E-state index contributed by atoms with van der Waals surface area (Å²) < 4.78 is 11.0. The van der Waals surface area contributed by atoms with E-state index < -0.39 is 6.10 Å². The summed E-state index contributed by atoms with van der Waals surface area (Å²) in [5, 5.41) is 0. The molecule has 0 spiro atoms. The lowest BCUT2D eigenvalue weighted by Gasteiger charge is -2.24. The third-order valence-corrected chi connectivity index (χ3v) is 3.62. The van der Waals surface area contributed by atoms with Crippen molar-refractivity contribution in [1.82, 2.24) is 4.90 Å². The van der Waals surface area contributed by atoms with E-state index in [-0.39, 0.29) is 5.91 Å². The number of nitrogens with zero attached hydrogens (tertiary/aromatic N) is 1. The van der Waals surface area contributed by atoms with Crippen LogP contribution in [-0.2, 0) is 11.3 Å². The van der Waals surface area contributed by atoms with Gasteiger partial charge in [-0.1, -0.05) is 37.3 Å². The van der Waals surface area contributed by atoms with Gasteiger partial charge in [0.15, 0.2) is 6.10 Å². The van der Waals surface area contributed by atoms with Crippen molar-refractivity contribution in [3.05, 3.63) is 60.2 Å². The summed E-state index contributed by atoms with van der Waals surface area (Å²) in [7, 11) is 3.43. The van der Waals surface area contributed by atoms with Gasteiger partial charge in [-0.2, -0.15) is 0 Å². The van der Waals surface area contributed by atoms with E-state index >= 15 is 0 Å². The van der Waals surface area contributed by atoms with Crippen LogP contribution in [0.3, 0.4) is 0 Å². The van der Waals surface area contributed by atoms with Gasteiger partial charge in [-0.3, -0.25) is 4.79 Å². The molecule has 4 nitrogen and oxygen atoms in total. The maximum Gasteiger partial charge on any atom is 0.263 e. The molecule has 4 heteroatoms. The smallest absolute Gasteiger partial charge is 0.263 e. The fourth-order valence-electron chi connectivity index (χ4n) is 2.30. The molecule has 2 rings (SSSR count). The molecule has 1 amide bonds. The normalized spacial score (nSPS) is 11.6. The number of methoxy groups -OCH3 is 1. The average Bonchev–Trinajstić information content (AvgIpc) is 2.60. The summed E-state index contributed by atoms with van der Waals surface area (Å²) in [5.41, 5.74) is 1.05. The quantitative estimate of drug-likeness (QED) is 0.785. The van der Waals surface area contributed by atoms with E-state index in [1.807, 2.05) is 61.5 Å². The Labute approximate surface area is 137 Å². The lowest BCUT2D eigenvalue weighted by Crippen LogP contribution is -2.39. The predicted molar refractivity (Wildman–Crippen MR) is 90.6 cm³/mol. The van der Waals surface area contributed by atoms with Gasteiger partial charge in [0.1, 0.15) is 11.5 Å². The molecular weight excluding hydrogens is 290 g/mol. The van der Waals surface area contributed by atoms with Gasteiger partial charge in [0.2, 0.25) is 0 Å². The van der Waals surface area contributed by atoms with Crippen LogP contribution in [0.25, 0.3) is 0 Å². The van der Waals surface area contributed by atoms with Crippen molar-refractivity contribution >= 4 is 5.91 Å². The molecule has 1 unspecified atom stereocenters. The van der Waals surface area contributed by atoms with E-state index in [0.717, 1.165) is 11.3 Å². The van der Waals surface area contributed by atoms with E-state index in [4.69, 9.17) is 9.47 Å². The van der Waals surface area contributed by atoms with Gasteiger partial charge < -0.3 is 14.4 Å². The average molecular weight is 313 g/mol. The number of carbonyl (C=O) groups excluding carboxylic acids is 1. The van der Waals surface area contributed by atoms with Crippen LogP contribution < -0.4 is 9.47 Å². The molecule has 0 bridgehead atoms. The van der Waals surface area contributed by atoms with Crippen molar-refractivity contribution < 1.29 is 14.3 Å². The molecule has 0 aliphatic carbocycles. The summed E-state index contributed by atoms with van der Waals surface area (Å²) in [6.45, 7) is 2.49. The van der Waals surface area contributed by atoms with E-state index in [1.54, 1.807) is 19.1 Å². The molecule has 122 valence electrons. The predicted octanol–water partition coefficient (Wildman–Crippen LogP) is 3.51. The van der Waals surface area contributed by atoms with Crippen LogP contribution in [0.5, 0.6) is 11.5 Å². The Hall–Kier alpha value is -2.49. The van der Waals surface area contributed by atoms with Crippen molar-refractivity contribution in [1.29, 1.82) is 0 Å². The first-order chi connectivity index (χ1) is 11.1. The van der Waals surface area contributed by atoms with Crippen molar-refractivity contribution in [2.75, 3.05) is 14.2 Å². The second-order valence-electron chi connectivity index (χ2n) is 5.37. The van der Waals surface area contributed by atoms with Crippen LogP contribution in [0.15, 0.2) is 54.6 Å². The van der Waals surface area contributed by atoms with Gasteiger partial charge >= 0.3 is 0 Å². The maximum atomic E-state index is 12.6. The van der Waals surface area contributed by atoms with E-state index in [2.05, 4.69) is 0 Å². The fraction of sp³-hybridized carbons (Fsp3) is 0.316. The lowest BCUT2D eigenvalue weighted by atomic mass is 10.2. The molecule has 0 N–H and O–H groups in total. The van der Waals surface area contributed by atoms with Crippen LogP contribution >= 0.6 is 0 Å². The van der Waals surface area contributed by atoms with Gasteiger partial charge in [0, 0.05) is 13.6 Å². The molecule has 0 aliphatic heterocycles. The Morgan fingerprint density at radius 2 is 1.70 bits per heavy atom. The Kier molecular flexibility index (Phi) is 6.03. The minimum absolute atomic E-state index is 0.0211. The molecule has 2 aromatic carbocycles. The Bertz CT molecular complexity index is 610. The van der Waals surface area contributed by atoms with Crippen molar-refractivity contribution in [3.8, 4) is 11.5 Å². The molecule has 2 aromatic rings. The van der Waals surface area contributed by atoms with Crippen molar-refractivity contribution in [2.45, 2.75) is 26.0 Å². The minimum Gasteiger partial charge on any atom is -0.497 e. The number of benzene rings is 2. The third kappa shape index (κ3) is 4.74. The van der Waals surface area contributed by atoms with Gasteiger partial charge in [0.25, 0.3) is 5.91 Å². The highest BCUT2D eigenvalue weighted by atomic mass is 16.5. The number of rotatable bonds is 7. The van der Waals surface area contributed by atoms with Crippen LogP contribution in [-0.4, -0.2) is 31.1 Å². The molecule has 0 fully saturated rings. The molecule has 23 heavy (non-hydrogen) atoms. The summed E-state index contributed by atoms with van der Waals surface area (Å²) in [6.07, 6.45) is 0.154. The van der Waals surface area contributed by atoms with Crippen LogP contribution in [0, 0.1) is 0 Å². The highest BCUT2D eigenvalue weighted by Crippen LogP contribution is 2.16. The van der Waals surface area contributed by atoms with Gasteiger partial charge in [0.05, 0.1) is 7.11 Å². The van der Waals surface area contributed by atoms with Gasteiger partial charge in [-0.25, -0.2) is 0 Å². The summed E-state index contributed by atoms with van der Waals surface area (Å²) >= 11 is 0. The summed E-state index contributed by atoms with van der Waals surface area (Å²) in [6, 6.07) is 17.1. The molecule has 0 saturated heterocycles. The molecule has 0 radical (unpaired) electrons. The largest absolute Gasteiger partial charge is 0.497 e. The van der Waals surface area contributed by atoms with E-state index in [1.165, 1.54) is 0 Å². The second-order valence-corrected chi connectivity index (χ2v) is 5.37. The van der Waals surface area contributed by atoms with Crippen LogP contribution in [0.4, 0.5) is 0 Å². The maximum absolute atomic E-state index is 12.6. The van der Waals surface area contributed by atoms with Gasteiger partial charge in [-0.05, 0) is 36.2 Å². The first kappa shape index (κ1) is 16.9. The standard InChI is InChI=1S/C19H23NO3/c1-4-18(23-17-8-6-5-7-9-17)19(21)20(2)14-15-10-12-16(22-3)13-11-15/h5-13,18H,4,14H2,1-3H3. The highest BCUT2D eigenvalue weighted by molar-refractivity contribution is 5.81. The minimum atomic E-state index is -0.472. The Balaban J connectivity index is 1.98. The zero-order chi connectivity index (χ0) is 16.7. The molecular formula is C19H23NO3. The zero-order valence-electron chi connectivity index (χ0n) is 13.9. The number of hydrogen-bond donors (Lipinski definition) is 0. The Morgan fingerprint density at radius 1 is 1.04 bits per heavy atom. The summed E-state index contributed by atoms with van der Waals surface area (Å²) in [5.74, 6) is 1.50. The van der Waals surface area contributed by atoms with Crippen LogP contribution in [0.1, 0.15) is 18.9 Å². The SMILES string of the molecule is CCC(Oc1ccccc1)C(=O)N(C)Cc1ccc(OC)cc1. The number of carbonyl (C=O) groups is 1. The molecule has 0 aromatic heterocycles. The van der Waals surface area contributed by atoms with E-state index in [9.17, 15) is 4.79 Å². The first-order valence-corrected chi connectivity index (χ1v) is 7.73. The highest BCUT2D eigenvalue weighted by Gasteiger charge is 2.22. The monoisotopic (exact) mass is 313 g/mol. The van der Waals surface area contributed by atoms with Gasteiger partial charge in [-0.15, -0.1) is 0 Å². The lowest BCUT2D eigenvalue weighted by molar-refractivity contribution is -0.138. The Morgan fingerprint density at radius 3 is 2.26 bits per heavy atom.